The third-order valence-electron chi connectivity index (χ3n) is 4.16. The SMILES string of the molecule is CCC1CNC(CC(C)C)CN1CC1CSCCS1. The number of rotatable bonds is 5. The van der Waals surface area contributed by atoms with Crippen molar-refractivity contribution in [3.8, 4) is 0 Å². The van der Waals surface area contributed by atoms with E-state index in [9.17, 15) is 0 Å². The van der Waals surface area contributed by atoms with Crippen molar-refractivity contribution in [2.24, 2.45) is 5.92 Å². The normalized spacial score (nSPS) is 33.8. The lowest BCUT2D eigenvalue weighted by Gasteiger charge is -2.42. The van der Waals surface area contributed by atoms with E-state index in [1.54, 1.807) is 0 Å². The predicted octanol–water partition coefficient (Wildman–Crippen LogP) is 2.93. The third-order valence-corrected chi connectivity index (χ3v) is 6.99. The van der Waals surface area contributed by atoms with Crippen LogP contribution in [0.2, 0.25) is 0 Å². The lowest BCUT2D eigenvalue weighted by Crippen LogP contribution is -2.58. The Labute approximate surface area is 127 Å². The molecular weight excluding hydrogens is 272 g/mol. The topological polar surface area (TPSA) is 15.3 Å². The number of nitrogens with zero attached hydrogens (tertiary/aromatic N) is 1. The summed E-state index contributed by atoms with van der Waals surface area (Å²) in [5, 5.41) is 4.63. The Balaban J connectivity index is 1.85. The Morgan fingerprint density at radius 3 is 2.79 bits per heavy atom. The lowest BCUT2D eigenvalue weighted by molar-refractivity contribution is 0.120. The Hall–Kier alpha value is 0.620. The summed E-state index contributed by atoms with van der Waals surface area (Å²) < 4.78 is 0. The van der Waals surface area contributed by atoms with Crippen molar-refractivity contribution in [2.75, 3.05) is 36.9 Å². The molecule has 0 spiro atoms. The summed E-state index contributed by atoms with van der Waals surface area (Å²) in [7, 11) is 0. The first-order chi connectivity index (χ1) is 9.19. The zero-order valence-corrected chi connectivity index (χ0v) is 14.4. The minimum atomic E-state index is 0.712. The number of piperazine rings is 1. The molecule has 2 saturated heterocycles. The highest BCUT2D eigenvalue weighted by Gasteiger charge is 2.29. The zero-order chi connectivity index (χ0) is 13.7. The molecule has 2 rings (SSSR count). The van der Waals surface area contributed by atoms with Crippen LogP contribution in [0.5, 0.6) is 0 Å². The standard InChI is InChI=1S/C15H30N2S2/c1-4-14-8-16-13(7-12(2)3)9-17(14)10-15-11-18-5-6-19-15/h12-16H,4-11H2,1-3H3. The fourth-order valence-corrected chi connectivity index (χ4v) is 5.88. The maximum absolute atomic E-state index is 3.76. The van der Waals surface area contributed by atoms with Crippen LogP contribution in [-0.4, -0.2) is 59.1 Å². The first-order valence-electron chi connectivity index (χ1n) is 7.85. The maximum Gasteiger partial charge on any atom is 0.0265 e. The van der Waals surface area contributed by atoms with E-state index in [2.05, 4.69) is 54.5 Å². The van der Waals surface area contributed by atoms with Crippen molar-refractivity contribution in [2.45, 2.75) is 50.9 Å². The smallest absolute Gasteiger partial charge is 0.0265 e. The largest absolute Gasteiger partial charge is 0.311 e. The number of thioether (sulfide) groups is 2. The fourth-order valence-electron chi connectivity index (χ4n) is 3.19. The summed E-state index contributed by atoms with van der Waals surface area (Å²) in [4.78, 5) is 2.78. The van der Waals surface area contributed by atoms with Crippen LogP contribution < -0.4 is 5.32 Å². The molecule has 4 heteroatoms. The zero-order valence-electron chi connectivity index (χ0n) is 12.7. The van der Waals surface area contributed by atoms with E-state index in [1.807, 2.05) is 0 Å². The molecule has 0 aromatic carbocycles. The Morgan fingerprint density at radius 2 is 2.16 bits per heavy atom. The molecule has 3 unspecified atom stereocenters. The van der Waals surface area contributed by atoms with Gasteiger partial charge in [0.1, 0.15) is 0 Å². The average molecular weight is 303 g/mol. The fraction of sp³-hybridized carbons (Fsp3) is 1.00. The Morgan fingerprint density at radius 1 is 1.32 bits per heavy atom. The molecule has 112 valence electrons. The minimum absolute atomic E-state index is 0.712. The van der Waals surface area contributed by atoms with Crippen LogP contribution in [0.1, 0.15) is 33.6 Å². The molecular formula is C15H30N2S2. The summed E-state index contributed by atoms with van der Waals surface area (Å²) in [5.74, 6) is 4.88. The first kappa shape index (κ1) is 16.0. The molecule has 2 heterocycles. The molecule has 0 aromatic heterocycles. The van der Waals surface area contributed by atoms with Gasteiger partial charge in [-0.15, -0.1) is 0 Å². The summed E-state index contributed by atoms with van der Waals surface area (Å²) in [5.41, 5.74) is 0. The van der Waals surface area contributed by atoms with Gasteiger partial charge in [0.25, 0.3) is 0 Å². The maximum atomic E-state index is 3.76. The molecule has 0 radical (unpaired) electrons. The van der Waals surface area contributed by atoms with Gasteiger partial charge in [-0.05, 0) is 18.8 Å². The van der Waals surface area contributed by atoms with Gasteiger partial charge in [0.15, 0.2) is 0 Å². The van der Waals surface area contributed by atoms with Gasteiger partial charge >= 0.3 is 0 Å². The van der Waals surface area contributed by atoms with Gasteiger partial charge in [-0.2, -0.15) is 23.5 Å². The van der Waals surface area contributed by atoms with Crippen LogP contribution in [0.25, 0.3) is 0 Å². The minimum Gasteiger partial charge on any atom is -0.311 e. The van der Waals surface area contributed by atoms with Gasteiger partial charge in [0.2, 0.25) is 0 Å². The van der Waals surface area contributed by atoms with Crippen molar-refractivity contribution in [3.05, 3.63) is 0 Å². The highest BCUT2D eigenvalue weighted by Crippen LogP contribution is 2.26. The van der Waals surface area contributed by atoms with E-state index >= 15 is 0 Å². The first-order valence-corrected chi connectivity index (χ1v) is 10.1. The van der Waals surface area contributed by atoms with Gasteiger partial charge in [0, 0.05) is 54.2 Å². The highest BCUT2D eigenvalue weighted by atomic mass is 32.2. The molecule has 2 fully saturated rings. The molecule has 19 heavy (non-hydrogen) atoms. The molecule has 2 aliphatic heterocycles. The van der Waals surface area contributed by atoms with Crippen molar-refractivity contribution >= 4 is 23.5 Å². The molecule has 0 aromatic rings. The Bertz CT molecular complexity index is 255. The molecule has 0 bridgehead atoms. The van der Waals surface area contributed by atoms with Gasteiger partial charge < -0.3 is 5.32 Å². The molecule has 2 nitrogen and oxygen atoms in total. The van der Waals surface area contributed by atoms with Crippen LogP contribution in [0.3, 0.4) is 0 Å². The van der Waals surface area contributed by atoms with E-state index in [4.69, 9.17) is 0 Å². The summed E-state index contributed by atoms with van der Waals surface area (Å²) in [6, 6.07) is 1.47. The molecule has 1 N–H and O–H groups in total. The molecule has 0 saturated carbocycles. The molecule has 0 aliphatic carbocycles. The summed E-state index contributed by atoms with van der Waals surface area (Å²) in [6.07, 6.45) is 2.60. The number of hydrogen-bond acceptors (Lipinski definition) is 4. The average Bonchev–Trinajstić information content (AvgIpc) is 2.39. The van der Waals surface area contributed by atoms with Gasteiger partial charge in [0.05, 0.1) is 0 Å². The second-order valence-corrected chi connectivity index (χ2v) is 8.88. The summed E-state index contributed by atoms with van der Waals surface area (Å²) in [6.45, 7) is 10.8. The van der Waals surface area contributed by atoms with Crippen LogP contribution in [0.15, 0.2) is 0 Å². The third kappa shape index (κ3) is 5.14. The van der Waals surface area contributed by atoms with E-state index < -0.39 is 0 Å². The van der Waals surface area contributed by atoms with Crippen molar-refractivity contribution in [1.82, 2.24) is 10.2 Å². The van der Waals surface area contributed by atoms with Crippen molar-refractivity contribution in [3.63, 3.8) is 0 Å². The van der Waals surface area contributed by atoms with E-state index in [0.29, 0.717) is 6.04 Å². The summed E-state index contributed by atoms with van der Waals surface area (Å²) >= 11 is 4.35. The molecule has 3 atom stereocenters. The second-order valence-electron chi connectivity index (χ2n) is 6.32. The predicted molar refractivity (Wildman–Crippen MR) is 90.5 cm³/mol. The number of hydrogen-bond donors (Lipinski definition) is 1. The van der Waals surface area contributed by atoms with E-state index in [-0.39, 0.29) is 0 Å². The number of nitrogens with one attached hydrogen (secondary N) is 1. The second kappa shape index (κ2) is 8.16. The van der Waals surface area contributed by atoms with Crippen molar-refractivity contribution in [1.29, 1.82) is 0 Å². The van der Waals surface area contributed by atoms with Crippen LogP contribution in [0.4, 0.5) is 0 Å². The van der Waals surface area contributed by atoms with E-state index in [0.717, 1.165) is 17.2 Å². The quantitative estimate of drug-likeness (QED) is 0.839. The van der Waals surface area contributed by atoms with Crippen LogP contribution in [-0.2, 0) is 0 Å². The monoisotopic (exact) mass is 302 g/mol. The van der Waals surface area contributed by atoms with Gasteiger partial charge in [-0.3, -0.25) is 4.90 Å². The lowest BCUT2D eigenvalue weighted by atomic mass is 9.99. The molecule has 2 aliphatic rings. The van der Waals surface area contributed by atoms with Crippen LogP contribution >= 0.6 is 23.5 Å². The highest BCUT2D eigenvalue weighted by molar-refractivity contribution is 8.06. The van der Waals surface area contributed by atoms with Gasteiger partial charge in [-0.1, -0.05) is 20.8 Å². The van der Waals surface area contributed by atoms with Gasteiger partial charge in [-0.25, -0.2) is 0 Å². The Kier molecular flexibility index (Phi) is 6.87. The van der Waals surface area contributed by atoms with Crippen molar-refractivity contribution < 1.29 is 0 Å². The molecule has 0 amide bonds. The van der Waals surface area contributed by atoms with E-state index in [1.165, 1.54) is 49.7 Å². The van der Waals surface area contributed by atoms with Crippen LogP contribution in [0, 0.1) is 5.92 Å².